The van der Waals surface area contributed by atoms with Crippen molar-refractivity contribution in [3.63, 3.8) is 0 Å². The molecule has 0 saturated heterocycles. The van der Waals surface area contributed by atoms with Crippen molar-refractivity contribution in [1.29, 1.82) is 0 Å². The van der Waals surface area contributed by atoms with Gasteiger partial charge in [0.25, 0.3) is 0 Å². The van der Waals surface area contributed by atoms with Gasteiger partial charge in [0.05, 0.1) is 6.61 Å². The number of nitrogens with two attached hydrogens (primary N) is 1. The van der Waals surface area contributed by atoms with Crippen molar-refractivity contribution in [3.05, 3.63) is 29.3 Å². The molecular weight excluding hydrogens is 246 g/mol. The van der Waals surface area contributed by atoms with E-state index >= 15 is 0 Å². The first-order chi connectivity index (χ1) is 9.79. The van der Waals surface area contributed by atoms with Crippen molar-refractivity contribution < 1.29 is 4.74 Å². The van der Waals surface area contributed by atoms with Gasteiger partial charge in [-0.2, -0.15) is 0 Å². The molecule has 0 bridgehead atoms. The Hall–Kier alpha value is -1.02. The van der Waals surface area contributed by atoms with Crippen molar-refractivity contribution in [2.24, 2.45) is 5.73 Å². The van der Waals surface area contributed by atoms with E-state index in [1.807, 2.05) is 0 Å². The molecule has 1 aromatic rings. The number of benzene rings is 1. The molecule has 0 saturated carbocycles. The highest BCUT2D eigenvalue weighted by Gasteiger charge is 2.12. The first kappa shape index (κ1) is 15.4. The first-order valence-electron chi connectivity index (χ1n) is 8.29. The van der Waals surface area contributed by atoms with Gasteiger partial charge in [0.15, 0.2) is 0 Å². The fourth-order valence-electron chi connectivity index (χ4n) is 2.90. The van der Waals surface area contributed by atoms with E-state index in [1.165, 1.54) is 49.7 Å². The Morgan fingerprint density at radius 3 is 2.85 bits per heavy atom. The SMILES string of the molecule is CCCCCCCC(N)CCc1ccc2c(c1)CCO2. The number of rotatable bonds is 9. The Balaban J connectivity index is 1.64. The lowest BCUT2D eigenvalue weighted by Crippen LogP contribution is -2.20. The van der Waals surface area contributed by atoms with Gasteiger partial charge in [-0.05, 0) is 36.5 Å². The minimum absolute atomic E-state index is 0.362. The summed E-state index contributed by atoms with van der Waals surface area (Å²) in [5.41, 5.74) is 9.01. The van der Waals surface area contributed by atoms with E-state index in [2.05, 4.69) is 25.1 Å². The molecule has 0 spiro atoms. The molecule has 112 valence electrons. The lowest BCUT2D eigenvalue weighted by Gasteiger charge is -2.12. The predicted molar refractivity (Wildman–Crippen MR) is 85.3 cm³/mol. The van der Waals surface area contributed by atoms with E-state index in [-0.39, 0.29) is 0 Å². The number of ether oxygens (including phenoxy) is 1. The van der Waals surface area contributed by atoms with Crippen LogP contribution in [0.3, 0.4) is 0 Å². The summed E-state index contributed by atoms with van der Waals surface area (Å²) >= 11 is 0. The molecule has 0 amide bonds. The van der Waals surface area contributed by atoms with Crippen LogP contribution < -0.4 is 10.5 Å². The summed E-state index contributed by atoms with van der Waals surface area (Å²) in [6, 6.07) is 6.98. The van der Waals surface area contributed by atoms with E-state index in [9.17, 15) is 0 Å². The van der Waals surface area contributed by atoms with E-state index < -0.39 is 0 Å². The topological polar surface area (TPSA) is 35.2 Å². The zero-order valence-corrected chi connectivity index (χ0v) is 12.9. The Bertz CT molecular complexity index is 402. The summed E-state index contributed by atoms with van der Waals surface area (Å²) in [6.07, 6.45) is 11.1. The molecule has 1 aromatic carbocycles. The van der Waals surface area contributed by atoms with Crippen LogP contribution in [0, 0.1) is 0 Å². The number of hydrogen-bond acceptors (Lipinski definition) is 2. The minimum Gasteiger partial charge on any atom is -0.493 e. The van der Waals surface area contributed by atoms with Crippen LogP contribution in [0.4, 0.5) is 0 Å². The van der Waals surface area contributed by atoms with E-state index in [1.54, 1.807) is 0 Å². The van der Waals surface area contributed by atoms with Crippen LogP contribution in [-0.2, 0) is 12.8 Å². The van der Waals surface area contributed by atoms with Gasteiger partial charge in [0, 0.05) is 12.5 Å². The summed E-state index contributed by atoms with van der Waals surface area (Å²) in [7, 11) is 0. The molecule has 2 rings (SSSR count). The molecule has 1 atom stereocenters. The highest BCUT2D eigenvalue weighted by atomic mass is 16.5. The third kappa shape index (κ3) is 4.82. The fraction of sp³-hybridized carbons (Fsp3) is 0.667. The van der Waals surface area contributed by atoms with Gasteiger partial charge >= 0.3 is 0 Å². The van der Waals surface area contributed by atoms with Crippen LogP contribution in [0.1, 0.15) is 63.0 Å². The maximum Gasteiger partial charge on any atom is 0.122 e. The second-order valence-corrected chi connectivity index (χ2v) is 6.04. The third-order valence-electron chi connectivity index (χ3n) is 4.24. The van der Waals surface area contributed by atoms with Gasteiger partial charge in [-0.3, -0.25) is 0 Å². The second-order valence-electron chi connectivity index (χ2n) is 6.04. The Morgan fingerprint density at radius 2 is 2.00 bits per heavy atom. The Kier molecular flexibility index (Phi) is 6.38. The molecule has 1 aliphatic heterocycles. The maximum absolute atomic E-state index is 6.22. The summed E-state index contributed by atoms with van der Waals surface area (Å²) in [5, 5.41) is 0. The number of fused-ring (bicyclic) bond motifs is 1. The number of aryl methyl sites for hydroxylation is 1. The van der Waals surface area contributed by atoms with Crippen LogP contribution in [0.2, 0.25) is 0 Å². The van der Waals surface area contributed by atoms with Gasteiger partial charge < -0.3 is 10.5 Å². The van der Waals surface area contributed by atoms with Gasteiger partial charge in [0.2, 0.25) is 0 Å². The molecule has 20 heavy (non-hydrogen) atoms. The molecule has 2 N–H and O–H groups in total. The maximum atomic E-state index is 6.22. The normalized spacial score (nSPS) is 14.9. The third-order valence-corrected chi connectivity index (χ3v) is 4.24. The van der Waals surface area contributed by atoms with Gasteiger partial charge in [-0.25, -0.2) is 0 Å². The number of unbranched alkanes of at least 4 members (excludes halogenated alkanes) is 4. The highest BCUT2D eigenvalue weighted by molar-refractivity contribution is 5.39. The van der Waals surface area contributed by atoms with Gasteiger partial charge in [-0.15, -0.1) is 0 Å². The summed E-state index contributed by atoms with van der Waals surface area (Å²) < 4.78 is 5.54. The molecule has 1 aliphatic rings. The van der Waals surface area contributed by atoms with Crippen LogP contribution in [0.25, 0.3) is 0 Å². The van der Waals surface area contributed by atoms with Crippen molar-refractivity contribution >= 4 is 0 Å². The lowest BCUT2D eigenvalue weighted by molar-refractivity contribution is 0.357. The molecule has 0 radical (unpaired) electrons. The van der Waals surface area contributed by atoms with Gasteiger partial charge in [0.1, 0.15) is 5.75 Å². The first-order valence-corrected chi connectivity index (χ1v) is 8.29. The lowest BCUT2D eigenvalue weighted by atomic mass is 9.99. The fourth-order valence-corrected chi connectivity index (χ4v) is 2.90. The molecule has 1 unspecified atom stereocenters. The molecule has 1 heterocycles. The molecule has 2 nitrogen and oxygen atoms in total. The zero-order chi connectivity index (χ0) is 14.2. The highest BCUT2D eigenvalue weighted by Crippen LogP contribution is 2.26. The quantitative estimate of drug-likeness (QED) is 0.684. The van der Waals surface area contributed by atoms with Crippen molar-refractivity contribution in [3.8, 4) is 5.75 Å². The standard InChI is InChI=1S/C18H29NO/c1-2-3-4-5-6-7-17(19)10-8-15-9-11-18-16(14-15)12-13-20-18/h9,11,14,17H,2-8,10,12-13,19H2,1H3. The monoisotopic (exact) mass is 275 g/mol. The summed E-state index contributed by atoms with van der Waals surface area (Å²) in [6.45, 7) is 3.10. The largest absolute Gasteiger partial charge is 0.493 e. The van der Waals surface area contributed by atoms with Crippen LogP contribution >= 0.6 is 0 Å². The van der Waals surface area contributed by atoms with E-state index in [0.717, 1.165) is 31.6 Å². The molecular formula is C18H29NO. The van der Waals surface area contributed by atoms with Crippen LogP contribution in [-0.4, -0.2) is 12.6 Å². The van der Waals surface area contributed by atoms with Crippen molar-refractivity contribution in [2.75, 3.05) is 6.61 Å². The second kappa shape index (κ2) is 8.31. The van der Waals surface area contributed by atoms with E-state index in [4.69, 9.17) is 10.5 Å². The number of hydrogen-bond donors (Lipinski definition) is 1. The molecule has 0 aromatic heterocycles. The average Bonchev–Trinajstić information content (AvgIpc) is 2.92. The molecule has 0 fully saturated rings. The molecule has 2 heteroatoms. The minimum atomic E-state index is 0.362. The zero-order valence-electron chi connectivity index (χ0n) is 12.9. The van der Waals surface area contributed by atoms with Crippen LogP contribution in [0.5, 0.6) is 5.75 Å². The van der Waals surface area contributed by atoms with Crippen LogP contribution in [0.15, 0.2) is 18.2 Å². The molecule has 0 aliphatic carbocycles. The summed E-state index contributed by atoms with van der Waals surface area (Å²) in [5.74, 6) is 1.08. The predicted octanol–water partition coefficient (Wildman–Crippen LogP) is 4.24. The Morgan fingerprint density at radius 1 is 1.15 bits per heavy atom. The Labute approximate surface area is 123 Å². The van der Waals surface area contributed by atoms with Crippen molar-refractivity contribution in [2.45, 2.75) is 70.8 Å². The smallest absolute Gasteiger partial charge is 0.122 e. The average molecular weight is 275 g/mol. The summed E-state index contributed by atoms with van der Waals surface area (Å²) in [4.78, 5) is 0. The van der Waals surface area contributed by atoms with Gasteiger partial charge in [-0.1, -0.05) is 51.2 Å². The van der Waals surface area contributed by atoms with E-state index in [0.29, 0.717) is 6.04 Å². The van der Waals surface area contributed by atoms with Crippen molar-refractivity contribution in [1.82, 2.24) is 0 Å².